The molecule has 2 aliphatic rings. The van der Waals surface area contributed by atoms with Crippen molar-refractivity contribution in [1.82, 2.24) is 10.2 Å². The van der Waals surface area contributed by atoms with Crippen LogP contribution < -0.4 is 10.2 Å². The highest BCUT2D eigenvalue weighted by molar-refractivity contribution is 7.88. The molecule has 9 nitrogen and oxygen atoms in total. The molecule has 11 heteroatoms. The van der Waals surface area contributed by atoms with E-state index in [2.05, 4.69) is 10.2 Å². The summed E-state index contributed by atoms with van der Waals surface area (Å²) in [5, 5.41) is 3.05. The van der Waals surface area contributed by atoms with E-state index in [1.54, 1.807) is 4.89 Å². The summed E-state index contributed by atoms with van der Waals surface area (Å²) in [5.74, 6) is -0.181. The highest BCUT2D eigenvalue weighted by Gasteiger charge is 2.39. The third-order valence-electron chi connectivity index (χ3n) is 4.49. The fraction of sp³-hybridized carbons (Fsp3) is 0.917. The number of hydrogen-bond donors (Lipinski definition) is 4. The summed E-state index contributed by atoms with van der Waals surface area (Å²) in [6.07, 6.45) is 3.56. The van der Waals surface area contributed by atoms with Crippen molar-refractivity contribution < 1.29 is 32.4 Å². The minimum atomic E-state index is -4.03. The van der Waals surface area contributed by atoms with Crippen molar-refractivity contribution in [3.8, 4) is 0 Å². The first kappa shape index (κ1) is 18.8. The summed E-state index contributed by atoms with van der Waals surface area (Å²) < 4.78 is 33.0. The lowest BCUT2D eigenvalue weighted by atomic mass is 9.70. The maximum Gasteiger partial charge on any atom is 0.342 e. The van der Waals surface area contributed by atoms with Crippen molar-refractivity contribution in [2.24, 2.45) is 17.8 Å². The van der Waals surface area contributed by atoms with Gasteiger partial charge in [-0.15, -0.1) is 0 Å². The van der Waals surface area contributed by atoms with Crippen molar-refractivity contribution in [3.63, 3.8) is 0 Å². The van der Waals surface area contributed by atoms with Crippen LogP contribution in [0.4, 0.5) is 0 Å². The molecule has 0 aromatic rings. The van der Waals surface area contributed by atoms with Gasteiger partial charge in [0.2, 0.25) is 10.0 Å². The molecule has 0 amide bonds. The summed E-state index contributed by atoms with van der Waals surface area (Å²) in [4.78, 5) is 36.4. The predicted molar refractivity (Wildman–Crippen MR) is 81.7 cm³/mol. The molecule has 1 saturated carbocycles. The van der Waals surface area contributed by atoms with Gasteiger partial charge in [-0.05, 0) is 54.9 Å². The van der Waals surface area contributed by atoms with E-state index in [4.69, 9.17) is 9.79 Å². The molecule has 2 fully saturated rings. The standard InChI is InChI=1S/C12H23N2O7PS/c1-23(19,20)14-21-12(15)11-5-10-4-8(7-22(16,17)18)2-3-9(10)6-13-11/h8-11,13-14H,2-7H2,1H3,(H2,16,17,18). The van der Waals surface area contributed by atoms with Crippen LogP contribution >= 0.6 is 7.60 Å². The predicted octanol–water partition coefficient (Wildman–Crippen LogP) is -0.434. The summed E-state index contributed by atoms with van der Waals surface area (Å²) >= 11 is 0. The van der Waals surface area contributed by atoms with Crippen LogP contribution in [-0.2, 0) is 24.2 Å². The van der Waals surface area contributed by atoms with Gasteiger partial charge in [-0.2, -0.15) is 0 Å². The fourth-order valence-corrected chi connectivity index (χ4v) is 4.77. The van der Waals surface area contributed by atoms with Gasteiger partial charge in [0.15, 0.2) is 0 Å². The van der Waals surface area contributed by atoms with E-state index in [-0.39, 0.29) is 18.0 Å². The molecular formula is C12H23N2O7PS. The number of piperidine rings is 1. The number of fused-ring (bicyclic) bond motifs is 1. The lowest BCUT2D eigenvalue weighted by Gasteiger charge is -2.41. The molecule has 0 aromatic carbocycles. The van der Waals surface area contributed by atoms with Crippen molar-refractivity contribution >= 4 is 23.6 Å². The van der Waals surface area contributed by atoms with Crippen molar-refractivity contribution in [2.45, 2.75) is 31.7 Å². The van der Waals surface area contributed by atoms with Gasteiger partial charge in [0, 0.05) is 0 Å². The molecule has 0 bridgehead atoms. The van der Waals surface area contributed by atoms with E-state index in [9.17, 15) is 17.8 Å². The first-order chi connectivity index (χ1) is 10.5. The summed E-state index contributed by atoms with van der Waals surface area (Å²) in [6.45, 7) is 0.617. The van der Waals surface area contributed by atoms with Crippen molar-refractivity contribution in [1.29, 1.82) is 0 Å². The molecule has 134 valence electrons. The molecule has 0 spiro atoms. The van der Waals surface area contributed by atoms with E-state index in [1.165, 1.54) is 0 Å². The SMILES string of the molecule is CS(=O)(=O)NOC(=O)C1CC2CC(CP(=O)(O)O)CCC2CN1. The van der Waals surface area contributed by atoms with Crippen LogP contribution in [0.1, 0.15) is 25.7 Å². The highest BCUT2D eigenvalue weighted by atomic mass is 32.2. The van der Waals surface area contributed by atoms with E-state index in [1.807, 2.05) is 0 Å². The second-order valence-electron chi connectivity index (χ2n) is 6.52. The topological polar surface area (TPSA) is 142 Å². The van der Waals surface area contributed by atoms with Gasteiger partial charge < -0.3 is 19.9 Å². The fourth-order valence-electron chi connectivity index (χ4n) is 3.53. The Morgan fingerprint density at radius 3 is 2.61 bits per heavy atom. The minimum Gasteiger partial charge on any atom is -0.354 e. The summed E-state index contributed by atoms with van der Waals surface area (Å²) in [5.41, 5.74) is 0. The third-order valence-corrected chi connectivity index (χ3v) is 5.87. The molecule has 1 aliphatic heterocycles. The van der Waals surface area contributed by atoms with Crippen LogP contribution in [0.3, 0.4) is 0 Å². The molecule has 4 atom stereocenters. The average Bonchev–Trinajstić information content (AvgIpc) is 2.41. The monoisotopic (exact) mass is 370 g/mol. The van der Waals surface area contributed by atoms with Crippen LogP contribution in [0, 0.1) is 17.8 Å². The highest BCUT2D eigenvalue weighted by Crippen LogP contribution is 2.45. The second-order valence-corrected chi connectivity index (χ2v) is 9.93. The Bertz CT molecular complexity index is 590. The van der Waals surface area contributed by atoms with E-state index >= 15 is 0 Å². The van der Waals surface area contributed by atoms with Gasteiger partial charge in [-0.25, -0.2) is 13.2 Å². The Balaban J connectivity index is 1.89. The first-order valence-corrected chi connectivity index (χ1v) is 11.2. The van der Waals surface area contributed by atoms with Gasteiger partial charge in [0.25, 0.3) is 0 Å². The van der Waals surface area contributed by atoms with Gasteiger partial charge in [-0.1, -0.05) is 0 Å². The Kier molecular flexibility index (Phi) is 5.86. The Morgan fingerprint density at radius 1 is 1.30 bits per heavy atom. The van der Waals surface area contributed by atoms with Gasteiger partial charge >= 0.3 is 13.6 Å². The molecule has 4 N–H and O–H groups in total. The van der Waals surface area contributed by atoms with Gasteiger partial charge in [0.05, 0.1) is 12.4 Å². The van der Waals surface area contributed by atoms with E-state index in [0.717, 1.165) is 19.1 Å². The first-order valence-electron chi connectivity index (χ1n) is 7.49. The van der Waals surface area contributed by atoms with Crippen LogP contribution in [-0.4, -0.2) is 49.2 Å². The number of nitrogens with one attached hydrogen (secondary N) is 2. The molecule has 1 aliphatic carbocycles. The van der Waals surface area contributed by atoms with Crippen LogP contribution in [0.2, 0.25) is 0 Å². The van der Waals surface area contributed by atoms with Crippen LogP contribution in [0.15, 0.2) is 0 Å². The lowest BCUT2D eigenvalue weighted by molar-refractivity contribution is -0.151. The lowest BCUT2D eigenvalue weighted by Crippen LogP contribution is -2.51. The van der Waals surface area contributed by atoms with Gasteiger partial charge in [-0.3, -0.25) is 4.57 Å². The van der Waals surface area contributed by atoms with Crippen LogP contribution in [0.5, 0.6) is 0 Å². The molecule has 0 aromatic heterocycles. The number of carbonyl (C=O) groups excluding carboxylic acids is 1. The molecule has 23 heavy (non-hydrogen) atoms. The molecule has 4 unspecified atom stereocenters. The Morgan fingerprint density at radius 2 is 2.00 bits per heavy atom. The van der Waals surface area contributed by atoms with E-state index in [0.29, 0.717) is 25.3 Å². The maximum absolute atomic E-state index is 11.9. The largest absolute Gasteiger partial charge is 0.354 e. The Hall–Kier alpha value is -0.510. The maximum atomic E-state index is 11.9. The summed E-state index contributed by atoms with van der Waals surface area (Å²) in [7, 11) is -7.65. The molecular weight excluding hydrogens is 347 g/mol. The van der Waals surface area contributed by atoms with Gasteiger partial charge in [0.1, 0.15) is 6.04 Å². The number of rotatable bonds is 5. The quantitative estimate of drug-likeness (QED) is 0.377. The minimum absolute atomic E-state index is 0.0407. The third kappa shape index (κ3) is 6.13. The number of sulfonamides is 1. The van der Waals surface area contributed by atoms with Crippen molar-refractivity contribution in [2.75, 3.05) is 19.0 Å². The van der Waals surface area contributed by atoms with Crippen molar-refractivity contribution in [3.05, 3.63) is 0 Å². The average molecular weight is 370 g/mol. The second kappa shape index (κ2) is 7.16. The smallest absolute Gasteiger partial charge is 0.342 e. The molecule has 2 rings (SSSR count). The van der Waals surface area contributed by atoms with Crippen LogP contribution in [0.25, 0.3) is 0 Å². The Labute approximate surface area is 135 Å². The summed E-state index contributed by atoms with van der Waals surface area (Å²) in [6, 6.07) is -0.612. The van der Waals surface area contributed by atoms with E-state index < -0.39 is 29.6 Å². The zero-order chi connectivity index (χ0) is 17.3. The molecule has 0 radical (unpaired) electrons. The zero-order valence-corrected chi connectivity index (χ0v) is 14.6. The molecule has 1 heterocycles. The zero-order valence-electron chi connectivity index (χ0n) is 12.8. The number of carbonyl (C=O) groups is 1. The molecule has 1 saturated heterocycles. The normalized spacial score (nSPS) is 32.1. The number of hydrogen-bond acceptors (Lipinski definition) is 6.